The molecule has 0 N–H and O–H groups in total. The van der Waals surface area contributed by atoms with Crippen molar-refractivity contribution in [2.75, 3.05) is 0 Å². The summed E-state index contributed by atoms with van der Waals surface area (Å²) >= 11 is -0.793. The zero-order valence-electron chi connectivity index (χ0n) is 6.35. The fourth-order valence-corrected chi connectivity index (χ4v) is 5.68. The first kappa shape index (κ1) is 9.06. The molecule has 1 aliphatic rings. The Morgan fingerprint density at radius 3 is 3.00 bits per heavy atom. The summed E-state index contributed by atoms with van der Waals surface area (Å²) in [6.45, 7) is 0. The van der Waals surface area contributed by atoms with Gasteiger partial charge < -0.3 is 0 Å². The van der Waals surface area contributed by atoms with Gasteiger partial charge >= 0.3 is 79.3 Å². The molecule has 0 nitrogen and oxygen atoms in total. The van der Waals surface area contributed by atoms with Gasteiger partial charge in [-0.15, -0.1) is 0 Å². The van der Waals surface area contributed by atoms with Crippen molar-refractivity contribution in [1.82, 2.24) is 0 Å². The van der Waals surface area contributed by atoms with Crippen LogP contribution in [-0.4, -0.2) is 0 Å². The zero-order valence-corrected chi connectivity index (χ0v) is 12.6. The molecule has 1 unspecified atom stereocenters. The molecule has 0 radical (unpaired) electrons. The predicted molar refractivity (Wildman–Crippen MR) is 41.8 cm³/mol. The molecule has 0 heterocycles. The first-order valence-electron chi connectivity index (χ1n) is 4.14. The Morgan fingerprint density at radius 1 is 1.50 bits per heavy atom. The van der Waals surface area contributed by atoms with Crippen LogP contribution in [0.15, 0.2) is 12.2 Å². The average molecular weight is 345 g/mol. The summed E-state index contributed by atoms with van der Waals surface area (Å²) in [5, 5.41) is 0. The van der Waals surface area contributed by atoms with Gasteiger partial charge in [-0.25, -0.2) is 0 Å². The van der Waals surface area contributed by atoms with Gasteiger partial charge in [0.05, 0.1) is 0 Å². The van der Waals surface area contributed by atoms with Crippen molar-refractivity contribution in [2.24, 2.45) is 5.92 Å². The standard InChI is InChI=1S/C8H13.ClH.Hg/c1-2-8-6-4-3-5-7-8;;/h3-4,8H,1-2,5-7H2;1H;/q;;+1/p-1. The number of rotatable bonds is 3. The van der Waals surface area contributed by atoms with Crippen LogP contribution >= 0.6 is 8.25 Å². The zero-order chi connectivity index (χ0) is 7.23. The van der Waals surface area contributed by atoms with E-state index in [0.29, 0.717) is 0 Å². The van der Waals surface area contributed by atoms with Gasteiger partial charge in [-0.2, -0.15) is 0 Å². The fraction of sp³-hybridized carbons (Fsp3) is 0.750. The van der Waals surface area contributed by atoms with Crippen LogP contribution in [0.1, 0.15) is 25.7 Å². The molecule has 1 aliphatic carbocycles. The van der Waals surface area contributed by atoms with Crippen molar-refractivity contribution >= 4 is 8.25 Å². The molecule has 10 heavy (non-hydrogen) atoms. The van der Waals surface area contributed by atoms with E-state index >= 15 is 0 Å². The minimum atomic E-state index is -0.793. The van der Waals surface area contributed by atoms with Crippen molar-refractivity contribution in [2.45, 2.75) is 29.6 Å². The number of hydrogen-bond donors (Lipinski definition) is 0. The van der Waals surface area contributed by atoms with Crippen LogP contribution in [0.4, 0.5) is 0 Å². The number of halogens is 1. The number of hydrogen-bond acceptors (Lipinski definition) is 0. The third-order valence-corrected chi connectivity index (χ3v) is 7.09. The summed E-state index contributed by atoms with van der Waals surface area (Å²) < 4.78 is 1.42. The van der Waals surface area contributed by atoms with Crippen molar-refractivity contribution < 1.29 is 23.3 Å². The van der Waals surface area contributed by atoms with Crippen LogP contribution < -0.4 is 0 Å². The maximum atomic E-state index is 5.82. The summed E-state index contributed by atoms with van der Waals surface area (Å²) in [5.41, 5.74) is 0. The van der Waals surface area contributed by atoms with Gasteiger partial charge in [0.15, 0.2) is 0 Å². The van der Waals surface area contributed by atoms with Crippen LogP contribution in [0, 0.1) is 5.92 Å². The molecule has 1 rings (SSSR count). The number of allylic oxidation sites excluding steroid dienone is 2. The summed E-state index contributed by atoms with van der Waals surface area (Å²) in [6.07, 6.45) is 10.1. The minimum absolute atomic E-state index is 0.793. The molecule has 0 aromatic rings. The molecule has 54 valence electrons. The Bertz CT molecular complexity index is 112. The molecule has 0 aromatic heterocycles. The first-order valence-corrected chi connectivity index (χ1v) is 14.8. The van der Waals surface area contributed by atoms with Gasteiger partial charge in [-0.05, 0) is 0 Å². The summed E-state index contributed by atoms with van der Waals surface area (Å²) in [4.78, 5) is 0. The molecule has 0 fully saturated rings. The van der Waals surface area contributed by atoms with E-state index in [9.17, 15) is 0 Å². The average Bonchev–Trinajstić information content (AvgIpc) is 2.03. The molecule has 1 atom stereocenters. The maximum absolute atomic E-state index is 5.82. The van der Waals surface area contributed by atoms with Crippen LogP contribution in [0.2, 0.25) is 3.93 Å². The fourth-order valence-electron chi connectivity index (χ4n) is 1.48. The summed E-state index contributed by atoms with van der Waals surface area (Å²) in [6, 6.07) is 0. The first-order chi connectivity index (χ1) is 4.93. The Labute approximate surface area is 78.9 Å². The van der Waals surface area contributed by atoms with Gasteiger partial charge in [0.1, 0.15) is 0 Å². The van der Waals surface area contributed by atoms with Crippen LogP contribution in [0.25, 0.3) is 0 Å². The summed E-state index contributed by atoms with van der Waals surface area (Å²) in [7, 11) is 5.82. The van der Waals surface area contributed by atoms with E-state index in [-0.39, 0.29) is 0 Å². The van der Waals surface area contributed by atoms with Crippen LogP contribution in [-0.2, 0) is 23.3 Å². The molecular formula is C8H13ClHg. The third-order valence-electron chi connectivity index (χ3n) is 2.12. The molecule has 0 amide bonds. The van der Waals surface area contributed by atoms with Crippen LogP contribution in [0.3, 0.4) is 0 Å². The Hall–Kier alpha value is 0.965. The van der Waals surface area contributed by atoms with Crippen molar-refractivity contribution in [3.05, 3.63) is 12.2 Å². The second-order valence-corrected chi connectivity index (χ2v) is 10.5. The normalized spacial score (nSPS) is 24.3. The molecule has 0 bridgehead atoms. The van der Waals surface area contributed by atoms with Gasteiger partial charge in [0.2, 0.25) is 0 Å². The van der Waals surface area contributed by atoms with E-state index < -0.39 is 23.3 Å². The Morgan fingerprint density at radius 2 is 2.40 bits per heavy atom. The second-order valence-electron chi connectivity index (χ2n) is 2.98. The van der Waals surface area contributed by atoms with E-state index in [1.807, 2.05) is 0 Å². The molecule has 0 aliphatic heterocycles. The van der Waals surface area contributed by atoms with Crippen molar-refractivity contribution in [3.63, 3.8) is 0 Å². The molecule has 2 heteroatoms. The predicted octanol–water partition coefficient (Wildman–Crippen LogP) is 3.39. The topological polar surface area (TPSA) is 0 Å². The molecular weight excluding hydrogens is 332 g/mol. The molecule has 0 aromatic carbocycles. The van der Waals surface area contributed by atoms with Gasteiger partial charge in [-0.3, -0.25) is 0 Å². The van der Waals surface area contributed by atoms with Gasteiger partial charge in [0, 0.05) is 0 Å². The van der Waals surface area contributed by atoms with Gasteiger partial charge in [-0.1, -0.05) is 0 Å². The Balaban J connectivity index is 2.10. The SMILES string of the molecule is [Cl][Hg][CH2]CC1CC=CCC1. The van der Waals surface area contributed by atoms with Crippen molar-refractivity contribution in [1.29, 1.82) is 0 Å². The van der Waals surface area contributed by atoms with Crippen molar-refractivity contribution in [3.8, 4) is 0 Å². The van der Waals surface area contributed by atoms with E-state index in [1.54, 1.807) is 0 Å². The molecule has 0 spiro atoms. The molecule has 0 saturated heterocycles. The monoisotopic (exact) mass is 346 g/mol. The van der Waals surface area contributed by atoms with Gasteiger partial charge in [0.25, 0.3) is 0 Å². The third kappa shape index (κ3) is 3.38. The van der Waals surface area contributed by atoms with E-state index in [2.05, 4.69) is 12.2 Å². The Kier molecular flexibility index (Phi) is 5.07. The van der Waals surface area contributed by atoms with E-state index in [0.717, 1.165) is 5.92 Å². The van der Waals surface area contributed by atoms with E-state index in [1.165, 1.54) is 29.6 Å². The summed E-state index contributed by atoms with van der Waals surface area (Å²) in [5.74, 6) is 0.990. The van der Waals surface area contributed by atoms with E-state index in [4.69, 9.17) is 8.25 Å². The van der Waals surface area contributed by atoms with Crippen LogP contribution in [0.5, 0.6) is 0 Å². The quantitative estimate of drug-likeness (QED) is 0.543. The molecule has 0 saturated carbocycles. The second kappa shape index (κ2) is 5.59.